The lowest BCUT2D eigenvalue weighted by Crippen LogP contribution is -2.22. The molecule has 1 aromatic heterocycles. The lowest BCUT2D eigenvalue weighted by molar-refractivity contribution is -0.135. The third-order valence-electron chi connectivity index (χ3n) is 1.42. The van der Waals surface area contributed by atoms with E-state index in [0.717, 1.165) is 11.4 Å². The van der Waals surface area contributed by atoms with Gasteiger partial charge in [0.15, 0.2) is 0 Å². The maximum Gasteiger partial charge on any atom is 0.317 e. The highest BCUT2D eigenvalue weighted by molar-refractivity contribution is 5.68. The quantitative estimate of drug-likeness (QED) is 0.681. The van der Waals surface area contributed by atoms with Crippen molar-refractivity contribution in [2.75, 3.05) is 6.54 Å². The van der Waals surface area contributed by atoms with Crippen LogP contribution in [0.25, 0.3) is 0 Å². The summed E-state index contributed by atoms with van der Waals surface area (Å²) in [5.74, 6) is -0.875. The summed E-state index contributed by atoms with van der Waals surface area (Å²) < 4.78 is 0. The summed E-state index contributed by atoms with van der Waals surface area (Å²) in [5.41, 5.74) is 1.59. The van der Waals surface area contributed by atoms with E-state index in [0.29, 0.717) is 6.54 Å². The summed E-state index contributed by atoms with van der Waals surface area (Å²) in [6, 6.07) is 0. The molecule has 5 heteroatoms. The van der Waals surface area contributed by atoms with E-state index in [1.807, 2.05) is 6.92 Å². The highest BCUT2D eigenvalue weighted by Gasteiger charge is 1.97. The molecule has 0 atom stereocenters. The largest absolute Gasteiger partial charge is 0.480 e. The zero-order chi connectivity index (χ0) is 9.68. The average Bonchev–Trinajstić information content (AvgIpc) is 2.08. The first-order valence-electron chi connectivity index (χ1n) is 3.88. The number of rotatable bonds is 4. The van der Waals surface area contributed by atoms with Crippen LogP contribution in [0.1, 0.15) is 11.4 Å². The van der Waals surface area contributed by atoms with Gasteiger partial charge in [0.05, 0.1) is 17.9 Å². The van der Waals surface area contributed by atoms with Gasteiger partial charge in [-0.2, -0.15) is 0 Å². The van der Waals surface area contributed by atoms with Gasteiger partial charge in [-0.1, -0.05) is 0 Å². The Morgan fingerprint density at radius 1 is 1.54 bits per heavy atom. The van der Waals surface area contributed by atoms with Crippen LogP contribution in [0.4, 0.5) is 0 Å². The highest BCUT2D eigenvalue weighted by Crippen LogP contribution is 1.92. The van der Waals surface area contributed by atoms with Gasteiger partial charge in [0, 0.05) is 18.9 Å². The third-order valence-corrected chi connectivity index (χ3v) is 1.42. The van der Waals surface area contributed by atoms with Crippen LogP contribution in [0.5, 0.6) is 0 Å². The molecular weight excluding hydrogens is 170 g/mol. The normalized spacial score (nSPS) is 9.92. The summed E-state index contributed by atoms with van der Waals surface area (Å²) >= 11 is 0. The molecular formula is C8H11N3O2. The van der Waals surface area contributed by atoms with Gasteiger partial charge in [-0.05, 0) is 6.92 Å². The number of carboxylic acids is 1. The average molecular weight is 181 g/mol. The van der Waals surface area contributed by atoms with Crippen molar-refractivity contribution in [2.45, 2.75) is 13.5 Å². The fraction of sp³-hybridized carbons (Fsp3) is 0.375. The Morgan fingerprint density at radius 2 is 2.31 bits per heavy atom. The van der Waals surface area contributed by atoms with E-state index in [9.17, 15) is 4.79 Å². The fourth-order valence-electron chi connectivity index (χ4n) is 0.808. The van der Waals surface area contributed by atoms with E-state index in [4.69, 9.17) is 5.11 Å². The van der Waals surface area contributed by atoms with Crippen molar-refractivity contribution < 1.29 is 9.90 Å². The molecule has 0 spiro atoms. The number of carbonyl (C=O) groups is 1. The van der Waals surface area contributed by atoms with E-state index in [-0.39, 0.29) is 6.54 Å². The van der Waals surface area contributed by atoms with E-state index in [2.05, 4.69) is 15.3 Å². The van der Waals surface area contributed by atoms with Gasteiger partial charge < -0.3 is 10.4 Å². The lowest BCUT2D eigenvalue weighted by Gasteiger charge is -2.00. The minimum absolute atomic E-state index is 0.0600. The first kappa shape index (κ1) is 9.60. The molecule has 0 aliphatic heterocycles. The Morgan fingerprint density at radius 3 is 2.85 bits per heavy atom. The molecule has 13 heavy (non-hydrogen) atoms. The summed E-state index contributed by atoms with van der Waals surface area (Å²) in [6.07, 6.45) is 3.28. The maximum absolute atomic E-state index is 10.1. The van der Waals surface area contributed by atoms with Gasteiger partial charge in [-0.25, -0.2) is 0 Å². The van der Waals surface area contributed by atoms with Crippen LogP contribution in [0.3, 0.4) is 0 Å². The van der Waals surface area contributed by atoms with Gasteiger partial charge in [0.2, 0.25) is 0 Å². The molecule has 0 amide bonds. The second-order valence-electron chi connectivity index (χ2n) is 2.65. The van der Waals surface area contributed by atoms with E-state index in [1.165, 1.54) is 0 Å². The van der Waals surface area contributed by atoms with Gasteiger partial charge in [-0.3, -0.25) is 14.8 Å². The molecule has 0 unspecified atom stereocenters. The van der Waals surface area contributed by atoms with Gasteiger partial charge in [-0.15, -0.1) is 0 Å². The van der Waals surface area contributed by atoms with Crippen molar-refractivity contribution in [1.82, 2.24) is 15.3 Å². The number of aryl methyl sites for hydroxylation is 1. The Balaban J connectivity index is 2.37. The zero-order valence-corrected chi connectivity index (χ0v) is 7.32. The molecule has 70 valence electrons. The Bertz CT molecular complexity index is 284. The molecule has 1 rings (SSSR count). The van der Waals surface area contributed by atoms with Crippen LogP contribution in [0.2, 0.25) is 0 Å². The second-order valence-corrected chi connectivity index (χ2v) is 2.65. The first-order valence-corrected chi connectivity index (χ1v) is 3.88. The van der Waals surface area contributed by atoms with E-state index in [1.54, 1.807) is 12.4 Å². The van der Waals surface area contributed by atoms with Crippen LogP contribution < -0.4 is 5.32 Å². The predicted molar refractivity (Wildman–Crippen MR) is 46.1 cm³/mol. The van der Waals surface area contributed by atoms with Crippen molar-refractivity contribution in [3.63, 3.8) is 0 Å². The molecule has 0 aromatic carbocycles. The van der Waals surface area contributed by atoms with Crippen LogP contribution in [0, 0.1) is 6.92 Å². The topological polar surface area (TPSA) is 75.1 Å². The van der Waals surface area contributed by atoms with Crippen molar-refractivity contribution in [1.29, 1.82) is 0 Å². The fourth-order valence-corrected chi connectivity index (χ4v) is 0.808. The summed E-state index contributed by atoms with van der Waals surface area (Å²) in [7, 11) is 0. The number of nitrogens with one attached hydrogen (secondary N) is 1. The summed E-state index contributed by atoms with van der Waals surface area (Å²) in [4.78, 5) is 18.2. The predicted octanol–water partition coefficient (Wildman–Crippen LogP) is -0.0408. The minimum atomic E-state index is -0.875. The molecule has 0 fully saturated rings. The Kier molecular flexibility index (Phi) is 3.33. The standard InChI is InChI=1S/C8H11N3O2/c1-6-2-11-7(4-10-6)3-9-5-8(12)13/h2,4,9H,3,5H2,1H3,(H,12,13). The molecule has 1 aromatic rings. The molecule has 2 N–H and O–H groups in total. The molecule has 0 aliphatic carbocycles. The van der Waals surface area contributed by atoms with Crippen LogP contribution in [-0.4, -0.2) is 27.6 Å². The first-order chi connectivity index (χ1) is 6.18. The van der Waals surface area contributed by atoms with Crippen molar-refractivity contribution >= 4 is 5.97 Å². The van der Waals surface area contributed by atoms with E-state index < -0.39 is 5.97 Å². The maximum atomic E-state index is 10.1. The minimum Gasteiger partial charge on any atom is -0.480 e. The number of carboxylic acid groups (broad SMARTS) is 1. The number of hydrogen-bond acceptors (Lipinski definition) is 4. The summed E-state index contributed by atoms with van der Waals surface area (Å²) in [5, 5.41) is 11.1. The van der Waals surface area contributed by atoms with Crippen LogP contribution >= 0.6 is 0 Å². The summed E-state index contributed by atoms with van der Waals surface area (Å²) in [6.45, 7) is 2.22. The molecule has 0 aliphatic rings. The van der Waals surface area contributed by atoms with Crippen molar-refractivity contribution in [3.8, 4) is 0 Å². The van der Waals surface area contributed by atoms with Gasteiger partial charge in [0.1, 0.15) is 0 Å². The van der Waals surface area contributed by atoms with Gasteiger partial charge >= 0.3 is 5.97 Å². The second kappa shape index (κ2) is 4.51. The molecule has 1 heterocycles. The van der Waals surface area contributed by atoms with E-state index >= 15 is 0 Å². The smallest absolute Gasteiger partial charge is 0.317 e. The van der Waals surface area contributed by atoms with Crippen LogP contribution in [0.15, 0.2) is 12.4 Å². The molecule has 0 saturated carbocycles. The molecule has 0 bridgehead atoms. The Hall–Kier alpha value is -1.49. The number of hydrogen-bond donors (Lipinski definition) is 2. The number of nitrogens with zero attached hydrogens (tertiary/aromatic N) is 2. The monoisotopic (exact) mass is 181 g/mol. The van der Waals surface area contributed by atoms with Crippen molar-refractivity contribution in [3.05, 3.63) is 23.8 Å². The van der Waals surface area contributed by atoms with Crippen molar-refractivity contribution in [2.24, 2.45) is 0 Å². The number of aliphatic carboxylic acids is 1. The highest BCUT2D eigenvalue weighted by atomic mass is 16.4. The van der Waals surface area contributed by atoms with Crippen LogP contribution in [-0.2, 0) is 11.3 Å². The third kappa shape index (κ3) is 3.62. The SMILES string of the molecule is Cc1cnc(CNCC(=O)O)cn1. The molecule has 0 radical (unpaired) electrons. The zero-order valence-electron chi connectivity index (χ0n) is 7.32. The Labute approximate surface area is 75.8 Å². The molecule has 5 nitrogen and oxygen atoms in total. The lowest BCUT2D eigenvalue weighted by atomic mass is 10.4. The number of aromatic nitrogens is 2. The van der Waals surface area contributed by atoms with Gasteiger partial charge in [0.25, 0.3) is 0 Å². The molecule has 0 saturated heterocycles.